The molecule has 0 unspecified atom stereocenters. The molecule has 0 radical (unpaired) electrons. The van der Waals surface area contributed by atoms with Gasteiger partial charge in [-0.15, -0.1) is 11.3 Å². The van der Waals surface area contributed by atoms with Crippen LogP contribution >= 0.6 is 11.3 Å². The van der Waals surface area contributed by atoms with Gasteiger partial charge < -0.3 is 4.90 Å². The Kier molecular flexibility index (Phi) is 2.83. The summed E-state index contributed by atoms with van der Waals surface area (Å²) in [5, 5.41) is 0. The van der Waals surface area contributed by atoms with Crippen molar-refractivity contribution in [3.63, 3.8) is 0 Å². The highest BCUT2D eigenvalue weighted by atomic mass is 32.1. The van der Waals surface area contributed by atoms with Gasteiger partial charge in [-0.1, -0.05) is 6.92 Å². The average Bonchev–Trinajstić information content (AvgIpc) is 2.82. The lowest BCUT2D eigenvalue weighted by Crippen LogP contribution is -2.38. The van der Waals surface area contributed by atoms with E-state index in [9.17, 15) is 0 Å². The van der Waals surface area contributed by atoms with Crippen LogP contribution in [0.3, 0.4) is 0 Å². The maximum absolute atomic E-state index is 2.49. The quantitative estimate of drug-likeness (QED) is 0.737. The van der Waals surface area contributed by atoms with Crippen molar-refractivity contribution in [2.75, 3.05) is 20.1 Å². The summed E-state index contributed by atoms with van der Waals surface area (Å²) in [6.07, 6.45) is 6.80. The molecule has 0 N–H and O–H groups in total. The Bertz CT molecular complexity index is 424. The topological polar surface area (TPSA) is 3.24 Å². The Hall–Kier alpha value is -0.340. The van der Waals surface area contributed by atoms with Crippen molar-refractivity contribution < 1.29 is 0 Å². The number of likely N-dealkylation sites (tertiary alicyclic amines) is 1. The summed E-state index contributed by atoms with van der Waals surface area (Å²) in [5.41, 5.74) is 4.12. The van der Waals surface area contributed by atoms with E-state index in [-0.39, 0.29) is 0 Å². The molecule has 0 saturated carbocycles. The fourth-order valence-electron chi connectivity index (χ4n) is 3.67. The van der Waals surface area contributed by atoms with E-state index in [1.165, 1.54) is 45.2 Å². The van der Waals surface area contributed by atoms with Crippen LogP contribution in [0.25, 0.3) is 0 Å². The molecule has 1 aliphatic heterocycles. The summed E-state index contributed by atoms with van der Waals surface area (Å²) in [7, 11) is 2.26. The van der Waals surface area contributed by atoms with E-state index in [1.807, 2.05) is 0 Å². The summed E-state index contributed by atoms with van der Waals surface area (Å²) in [6.45, 7) is 7.24. The Balaban J connectivity index is 1.87. The molecule has 0 aromatic carbocycles. The minimum atomic E-state index is 0.639. The van der Waals surface area contributed by atoms with E-state index in [1.54, 1.807) is 20.9 Å². The van der Waals surface area contributed by atoms with Gasteiger partial charge >= 0.3 is 0 Å². The lowest BCUT2D eigenvalue weighted by Gasteiger charge is -2.38. The summed E-state index contributed by atoms with van der Waals surface area (Å²) in [4.78, 5) is 5.77. The third-order valence-corrected chi connectivity index (χ3v) is 6.21. The van der Waals surface area contributed by atoms with Gasteiger partial charge in [0.15, 0.2) is 0 Å². The van der Waals surface area contributed by atoms with Crippen LogP contribution in [-0.4, -0.2) is 25.0 Å². The number of aryl methyl sites for hydroxylation is 2. The Morgan fingerprint density at radius 2 is 1.82 bits per heavy atom. The van der Waals surface area contributed by atoms with Crippen LogP contribution < -0.4 is 0 Å². The second-order valence-electron chi connectivity index (χ2n) is 6.05. The fourth-order valence-corrected chi connectivity index (χ4v) is 4.82. The van der Waals surface area contributed by atoms with Crippen molar-refractivity contribution >= 4 is 11.3 Å². The molecule has 3 rings (SSSR count). The highest BCUT2D eigenvalue weighted by Crippen LogP contribution is 2.48. The lowest BCUT2D eigenvalue weighted by atomic mass is 9.76. The van der Waals surface area contributed by atoms with Crippen LogP contribution in [0.2, 0.25) is 0 Å². The number of fused-ring (bicyclic) bond motifs is 1. The van der Waals surface area contributed by atoms with Gasteiger partial charge in [0.05, 0.1) is 0 Å². The first kappa shape index (κ1) is 11.7. The molecular weight excluding hydrogens is 226 g/mol. The number of piperidine rings is 1. The van der Waals surface area contributed by atoms with Crippen LogP contribution in [0.15, 0.2) is 0 Å². The number of hydrogen-bond acceptors (Lipinski definition) is 2. The Labute approximate surface area is 109 Å². The number of thiophene rings is 1. The Morgan fingerprint density at radius 1 is 1.18 bits per heavy atom. The zero-order valence-electron chi connectivity index (χ0n) is 11.3. The minimum Gasteiger partial charge on any atom is -0.306 e. The molecule has 1 fully saturated rings. The first-order valence-electron chi connectivity index (χ1n) is 6.92. The molecule has 2 aliphatic rings. The van der Waals surface area contributed by atoms with Crippen molar-refractivity contribution in [1.82, 2.24) is 4.90 Å². The highest BCUT2D eigenvalue weighted by molar-refractivity contribution is 7.12. The van der Waals surface area contributed by atoms with Crippen molar-refractivity contribution in [3.8, 4) is 0 Å². The van der Waals surface area contributed by atoms with Gasteiger partial charge in [0.2, 0.25) is 0 Å². The molecule has 1 spiro atoms. The molecule has 1 aromatic heterocycles. The van der Waals surface area contributed by atoms with Gasteiger partial charge in [-0.3, -0.25) is 0 Å². The fraction of sp³-hybridized carbons (Fsp3) is 0.733. The van der Waals surface area contributed by atoms with Gasteiger partial charge in [0.1, 0.15) is 0 Å². The monoisotopic (exact) mass is 249 g/mol. The van der Waals surface area contributed by atoms with E-state index in [0.29, 0.717) is 5.41 Å². The van der Waals surface area contributed by atoms with Gasteiger partial charge in [-0.25, -0.2) is 0 Å². The van der Waals surface area contributed by atoms with Crippen molar-refractivity contribution in [3.05, 3.63) is 20.9 Å². The van der Waals surface area contributed by atoms with Gasteiger partial charge in [-0.05, 0) is 75.7 Å². The van der Waals surface area contributed by atoms with Crippen LogP contribution in [0.1, 0.15) is 40.6 Å². The maximum atomic E-state index is 2.49. The SMILES string of the molecule is CCc1sc(C)c2c1CC1(CCN(C)CC1)C2. The van der Waals surface area contributed by atoms with E-state index in [0.717, 1.165) is 0 Å². The number of rotatable bonds is 1. The largest absolute Gasteiger partial charge is 0.306 e. The normalized spacial score (nSPS) is 23.2. The molecule has 1 saturated heterocycles. The smallest absolute Gasteiger partial charge is 0.00803 e. The standard InChI is InChI=1S/C15H23NS/c1-4-14-13-10-15(5-7-16(3)8-6-15)9-12(13)11(2)17-14/h4-10H2,1-3H3. The molecule has 2 heterocycles. The molecule has 0 atom stereocenters. The molecule has 94 valence electrons. The van der Waals surface area contributed by atoms with Crippen LogP contribution in [0.4, 0.5) is 0 Å². The van der Waals surface area contributed by atoms with Gasteiger partial charge in [-0.2, -0.15) is 0 Å². The van der Waals surface area contributed by atoms with Gasteiger partial charge in [0.25, 0.3) is 0 Å². The first-order chi connectivity index (χ1) is 8.13. The molecule has 1 aliphatic carbocycles. The van der Waals surface area contributed by atoms with Crippen molar-refractivity contribution in [1.29, 1.82) is 0 Å². The minimum absolute atomic E-state index is 0.639. The molecule has 1 nitrogen and oxygen atoms in total. The van der Waals surface area contributed by atoms with E-state index in [2.05, 4.69) is 37.1 Å². The third-order valence-electron chi connectivity index (χ3n) is 4.87. The van der Waals surface area contributed by atoms with Crippen molar-refractivity contribution in [2.45, 2.75) is 46.0 Å². The Morgan fingerprint density at radius 3 is 2.47 bits per heavy atom. The molecule has 1 aromatic rings. The lowest BCUT2D eigenvalue weighted by molar-refractivity contribution is 0.131. The molecule has 0 bridgehead atoms. The average molecular weight is 249 g/mol. The van der Waals surface area contributed by atoms with Crippen LogP contribution in [-0.2, 0) is 19.3 Å². The van der Waals surface area contributed by atoms with Crippen LogP contribution in [0, 0.1) is 12.3 Å². The van der Waals surface area contributed by atoms with Gasteiger partial charge in [0, 0.05) is 9.75 Å². The zero-order chi connectivity index (χ0) is 12.0. The predicted octanol–water partition coefficient (Wildman–Crippen LogP) is 3.43. The van der Waals surface area contributed by atoms with E-state index >= 15 is 0 Å². The summed E-state index contributed by atoms with van der Waals surface area (Å²) in [6, 6.07) is 0. The first-order valence-corrected chi connectivity index (χ1v) is 7.74. The summed E-state index contributed by atoms with van der Waals surface area (Å²) in [5.74, 6) is 0. The number of nitrogens with zero attached hydrogens (tertiary/aromatic N) is 1. The second-order valence-corrected chi connectivity index (χ2v) is 7.36. The summed E-state index contributed by atoms with van der Waals surface area (Å²) < 4.78 is 0. The summed E-state index contributed by atoms with van der Waals surface area (Å²) >= 11 is 2.05. The predicted molar refractivity (Wildman–Crippen MR) is 75.0 cm³/mol. The second kappa shape index (κ2) is 4.10. The molecule has 2 heteroatoms. The molecule has 0 amide bonds. The van der Waals surface area contributed by atoms with E-state index in [4.69, 9.17) is 0 Å². The van der Waals surface area contributed by atoms with Crippen molar-refractivity contribution in [2.24, 2.45) is 5.41 Å². The molecular formula is C15H23NS. The maximum Gasteiger partial charge on any atom is 0.00803 e. The number of hydrogen-bond donors (Lipinski definition) is 0. The molecule has 17 heavy (non-hydrogen) atoms. The van der Waals surface area contributed by atoms with E-state index < -0.39 is 0 Å². The van der Waals surface area contributed by atoms with Crippen LogP contribution in [0.5, 0.6) is 0 Å². The third kappa shape index (κ3) is 1.86. The zero-order valence-corrected chi connectivity index (χ0v) is 12.1. The highest BCUT2D eigenvalue weighted by Gasteiger charge is 2.41.